The minimum atomic E-state index is -0.780. The lowest BCUT2D eigenvalue weighted by atomic mass is 10.2. The molecule has 4 amide bonds. The van der Waals surface area contributed by atoms with Crippen molar-refractivity contribution >= 4 is 35.0 Å². The van der Waals surface area contributed by atoms with Gasteiger partial charge in [0.1, 0.15) is 0 Å². The Labute approximate surface area is 145 Å². The average Bonchev–Trinajstić information content (AvgIpc) is 2.96. The number of rotatable bonds is 6. The summed E-state index contributed by atoms with van der Waals surface area (Å²) in [4.78, 5) is 47.9. The van der Waals surface area contributed by atoms with Crippen LogP contribution in [0, 0.1) is 0 Å². The second-order valence-corrected chi connectivity index (χ2v) is 5.81. The minimum absolute atomic E-state index is 0.142. The van der Waals surface area contributed by atoms with Crippen LogP contribution >= 0.6 is 0 Å². The van der Waals surface area contributed by atoms with Crippen LogP contribution in [0.2, 0.25) is 0 Å². The molecule has 1 aliphatic heterocycles. The predicted octanol–water partition coefficient (Wildman–Crippen LogP) is 0.712. The second-order valence-electron chi connectivity index (χ2n) is 5.81. The topological polar surface area (TPSA) is 108 Å². The van der Waals surface area contributed by atoms with E-state index in [1.165, 1.54) is 6.92 Å². The normalized spacial score (nSPS) is 13.5. The molecule has 0 unspecified atom stereocenters. The molecule has 0 saturated carbocycles. The Hall–Kier alpha value is -2.90. The van der Waals surface area contributed by atoms with Crippen molar-refractivity contribution in [2.75, 3.05) is 30.3 Å². The lowest BCUT2D eigenvalue weighted by Crippen LogP contribution is -2.37. The SMILES string of the molecule is CC(=O)Nc1cccc(NC(=O)C(=O)NCCCN2CCCC2=O)c1. The second kappa shape index (κ2) is 8.81. The molecule has 1 aliphatic rings. The first-order valence-electron chi connectivity index (χ1n) is 8.20. The van der Waals surface area contributed by atoms with Crippen molar-refractivity contribution in [2.45, 2.75) is 26.2 Å². The van der Waals surface area contributed by atoms with Crippen molar-refractivity contribution in [1.29, 1.82) is 0 Å². The van der Waals surface area contributed by atoms with Gasteiger partial charge in [0.15, 0.2) is 0 Å². The molecule has 0 radical (unpaired) electrons. The minimum Gasteiger partial charge on any atom is -0.348 e. The van der Waals surface area contributed by atoms with Gasteiger partial charge in [0, 0.05) is 44.4 Å². The Balaban J connectivity index is 1.73. The molecular weight excluding hydrogens is 324 g/mol. The van der Waals surface area contributed by atoms with Crippen molar-refractivity contribution in [3.63, 3.8) is 0 Å². The van der Waals surface area contributed by atoms with Crippen molar-refractivity contribution < 1.29 is 19.2 Å². The number of carbonyl (C=O) groups excluding carboxylic acids is 4. The summed E-state index contributed by atoms with van der Waals surface area (Å²) < 4.78 is 0. The van der Waals surface area contributed by atoms with Gasteiger partial charge < -0.3 is 20.9 Å². The van der Waals surface area contributed by atoms with Gasteiger partial charge >= 0.3 is 11.8 Å². The van der Waals surface area contributed by atoms with Gasteiger partial charge in [-0.25, -0.2) is 0 Å². The third-order valence-electron chi connectivity index (χ3n) is 3.71. The van der Waals surface area contributed by atoms with E-state index in [-0.39, 0.29) is 11.8 Å². The number of hydrogen-bond donors (Lipinski definition) is 3. The van der Waals surface area contributed by atoms with Crippen LogP contribution in [0.15, 0.2) is 24.3 Å². The maximum atomic E-state index is 11.9. The summed E-state index contributed by atoms with van der Waals surface area (Å²) >= 11 is 0. The number of hydrogen-bond acceptors (Lipinski definition) is 4. The molecule has 0 spiro atoms. The van der Waals surface area contributed by atoms with E-state index in [2.05, 4.69) is 16.0 Å². The standard InChI is InChI=1S/C17H22N4O4/c1-12(22)19-13-5-2-6-14(11-13)20-17(25)16(24)18-8-4-10-21-9-3-7-15(21)23/h2,5-6,11H,3-4,7-10H2,1H3,(H,18,24)(H,19,22)(H,20,25). The zero-order valence-electron chi connectivity index (χ0n) is 14.1. The average molecular weight is 346 g/mol. The third kappa shape index (κ3) is 5.91. The zero-order valence-corrected chi connectivity index (χ0v) is 14.1. The molecule has 1 heterocycles. The van der Waals surface area contributed by atoms with Crippen LogP contribution in [-0.4, -0.2) is 48.2 Å². The molecule has 8 heteroatoms. The molecule has 1 aromatic rings. The zero-order chi connectivity index (χ0) is 18.2. The van der Waals surface area contributed by atoms with E-state index >= 15 is 0 Å². The van der Waals surface area contributed by atoms with E-state index in [0.29, 0.717) is 37.3 Å². The fourth-order valence-electron chi connectivity index (χ4n) is 2.56. The first kappa shape index (κ1) is 18.4. The van der Waals surface area contributed by atoms with E-state index in [1.807, 2.05) is 0 Å². The molecule has 1 fully saturated rings. The monoisotopic (exact) mass is 346 g/mol. The molecule has 25 heavy (non-hydrogen) atoms. The van der Waals surface area contributed by atoms with Gasteiger partial charge in [0.25, 0.3) is 0 Å². The summed E-state index contributed by atoms with van der Waals surface area (Å²) in [6, 6.07) is 6.52. The largest absolute Gasteiger partial charge is 0.348 e. The smallest absolute Gasteiger partial charge is 0.313 e. The van der Waals surface area contributed by atoms with Crippen molar-refractivity contribution in [3.8, 4) is 0 Å². The summed E-state index contributed by atoms with van der Waals surface area (Å²) in [6.45, 7) is 3.05. The highest BCUT2D eigenvalue weighted by Gasteiger charge is 2.19. The fraction of sp³-hybridized carbons (Fsp3) is 0.412. The lowest BCUT2D eigenvalue weighted by molar-refractivity contribution is -0.136. The first-order valence-corrected chi connectivity index (χ1v) is 8.20. The van der Waals surface area contributed by atoms with Crippen LogP contribution in [0.25, 0.3) is 0 Å². The molecule has 0 atom stereocenters. The Morgan fingerprint density at radius 2 is 1.84 bits per heavy atom. The van der Waals surface area contributed by atoms with E-state index in [9.17, 15) is 19.2 Å². The Morgan fingerprint density at radius 1 is 1.12 bits per heavy atom. The summed E-state index contributed by atoms with van der Waals surface area (Å²) in [5, 5.41) is 7.60. The van der Waals surface area contributed by atoms with E-state index in [0.717, 1.165) is 13.0 Å². The van der Waals surface area contributed by atoms with E-state index in [1.54, 1.807) is 29.2 Å². The Bertz CT molecular complexity index is 674. The van der Waals surface area contributed by atoms with Crippen LogP contribution in [0.5, 0.6) is 0 Å². The molecular formula is C17H22N4O4. The molecule has 134 valence electrons. The van der Waals surface area contributed by atoms with Crippen molar-refractivity contribution in [2.24, 2.45) is 0 Å². The van der Waals surface area contributed by atoms with E-state index in [4.69, 9.17) is 0 Å². The maximum Gasteiger partial charge on any atom is 0.313 e. The van der Waals surface area contributed by atoms with Gasteiger partial charge in [-0.2, -0.15) is 0 Å². The number of amides is 4. The molecule has 2 rings (SSSR count). The molecule has 3 N–H and O–H groups in total. The maximum absolute atomic E-state index is 11.9. The number of nitrogens with one attached hydrogen (secondary N) is 3. The number of nitrogens with zero attached hydrogens (tertiary/aromatic N) is 1. The molecule has 0 bridgehead atoms. The van der Waals surface area contributed by atoms with Crippen LogP contribution < -0.4 is 16.0 Å². The van der Waals surface area contributed by atoms with Crippen LogP contribution in [0.4, 0.5) is 11.4 Å². The first-order chi connectivity index (χ1) is 12.0. The Kier molecular flexibility index (Phi) is 6.50. The quantitative estimate of drug-likeness (QED) is 0.521. The van der Waals surface area contributed by atoms with Gasteiger partial charge in [-0.3, -0.25) is 19.2 Å². The van der Waals surface area contributed by atoms with Gasteiger partial charge in [-0.1, -0.05) is 6.07 Å². The van der Waals surface area contributed by atoms with Crippen molar-refractivity contribution in [1.82, 2.24) is 10.2 Å². The molecule has 0 aliphatic carbocycles. The number of benzene rings is 1. The highest BCUT2D eigenvalue weighted by atomic mass is 16.2. The summed E-state index contributed by atoms with van der Waals surface area (Å²) in [5.41, 5.74) is 0.940. The highest BCUT2D eigenvalue weighted by molar-refractivity contribution is 6.39. The molecule has 0 aromatic heterocycles. The van der Waals surface area contributed by atoms with Crippen LogP contribution in [0.1, 0.15) is 26.2 Å². The van der Waals surface area contributed by atoms with Gasteiger partial charge in [0.2, 0.25) is 11.8 Å². The van der Waals surface area contributed by atoms with Crippen LogP contribution in [0.3, 0.4) is 0 Å². The molecule has 8 nitrogen and oxygen atoms in total. The third-order valence-corrected chi connectivity index (χ3v) is 3.71. The van der Waals surface area contributed by atoms with Crippen molar-refractivity contribution in [3.05, 3.63) is 24.3 Å². The molecule has 1 aromatic carbocycles. The number of carbonyl (C=O) groups is 4. The van der Waals surface area contributed by atoms with Gasteiger partial charge in [-0.05, 0) is 31.0 Å². The number of likely N-dealkylation sites (tertiary alicyclic amines) is 1. The van der Waals surface area contributed by atoms with E-state index < -0.39 is 11.8 Å². The van der Waals surface area contributed by atoms with Gasteiger partial charge in [0.05, 0.1) is 0 Å². The summed E-state index contributed by atoms with van der Waals surface area (Å²) in [5.74, 6) is -1.60. The lowest BCUT2D eigenvalue weighted by Gasteiger charge is -2.15. The molecule has 1 saturated heterocycles. The summed E-state index contributed by atoms with van der Waals surface area (Å²) in [7, 11) is 0. The van der Waals surface area contributed by atoms with Gasteiger partial charge in [-0.15, -0.1) is 0 Å². The summed E-state index contributed by atoms with van der Waals surface area (Å²) in [6.07, 6.45) is 2.07. The van der Waals surface area contributed by atoms with Crippen LogP contribution in [-0.2, 0) is 19.2 Å². The predicted molar refractivity (Wildman–Crippen MR) is 92.8 cm³/mol. The highest BCUT2D eigenvalue weighted by Crippen LogP contribution is 2.15. The number of anilines is 2. The Morgan fingerprint density at radius 3 is 2.48 bits per heavy atom. The fourth-order valence-corrected chi connectivity index (χ4v) is 2.56.